The minimum Gasteiger partial charge on any atom is -0.480 e. The molecule has 3 N–H and O–H groups in total. The van der Waals surface area contributed by atoms with Crippen molar-refractivity contribution in [1.29, 1.82) is 0 Å². The van der Waals surface area contributed by atoms with Crippen LogP contribution in [0.4, 0.5) is 9.18 Å². The van der Waals surface area contributed by atoms with Crippen molar-refractivity contribution in [3.05, 3.63) is 35.6 Å². The van der Waals surface area contributed by atoms with Gasteiger partial charge in [0.1, 0.15) is 11.9 Å². The third kappa shape index (κ3) is 4.22. The first-order chi connectivity index (χ1) is 9.32. The minimum atomic E-state index is -1.10. The largest absolute Gasteiger partial charge is 0.480 e. The Morgan fingerprint density at radius 3 is 2.25 bits per heavy atom. The number of hydrogen-bond acceptors (Lipinski definition) is 2. The van der Waals surface area contributed by atoms with Gasteiger partial charge in [0.05, 0.1) is 6.04 Å². The lowest BCUT2D eigenvalue weighted by molar-refractivity contribution is -0.140. The molecule has 1 aromatic carbocycles. The SMILES string of the molecule is CC(NC(=O)N[C@H](C(=O)O)C(C)C)c1ccccc1F. The summed E-state index contributed by atoms with van der Waals surface area (Å²) in [4.78, 5) is 22.7. The molecule has 0 heterocycles. The fraction of sp³-hybridized carbons (Fsp3) is 0.429. The van der Waals surface area contributed by atoms with Crippen molar-refractivity contribution < 1.29 is 19.1 Å². The monoisotopic (exact) mass is 282 g/mol. The lowest BCUT2D eigenvalue weighted by Crippen LogP contribution is -2.49. The molecule has 6 heteroatoms. The zero-order valence-electron chi connectivity index (χ0n) is 11.7. The summed E-state index contributed by atoms with van der Waals surface area (Å²) < 4.78 is 13.5. The van der Waals surface area contributed by atoms with Gasteiger partial charge in [-0.05, 0) is 18.9 Å². The van der Waals surface area contributed by atoms with Crippen molar-refractivity contribution in [2.75, 3.05) is 0 Å². The Kier molecular flexibility index (Phi) is 5.49. The summed E-state index contributed by atoms with van der Waals surface area (Å²) in [6.07, 6.45) is 0. The Hall–Kier alpha value is -2.11. The van der Waals surface area contributed by atoms with Crippen LogP contribution >= 0.6 is 0 Å². The Balaban J connectivity index is 2.67. The van der Waals surface area contributed by atoms with Crippen molar-refractivity contribution in [3.8, 4) is 0 Å². The molecular formula is C14H19FN2O3. The van der Waals surface area contributed by atoms with E-state index in [2.05, 4.69) is 10.6 Å². The van der Waals surface area contributed by atoms with Crippen LogP contribution < -0.4 is 10.6 Å². The van der Waals surface area contributed by atoms with E-state index in [0.29, 0.717) is 5.56 Å². The van der Waals surface area contributed by atoms with E-state index < -0.39 is 29.9 Å². The van der Waals surface area contributed by atoms with E-state index in [-0.39, 0.29) is 5.92 Å². The van der Waals surface area contributed by atoms with Gasteiger partial charge in [-0.25, -0.2) is 14.0 Å². The predicted molar refractivity (Wildman–Crippen MR) is 72.7 cm³/mol. The molecule has 0 saturated heterocycles. The molecule has 2 amide bonds. The van der Waals surface area contributed by atoms with E-state index in [1.807, 2.05) is 0 Å². The summed E-state index contributed by atoms with van der Waals surface area (Å²) in [6, 6.07) is 3.92. The fourth-order valence-corrected chi connectivity index (χ4v) is 1.80. The number of amides is 2. The summed E-state index contributed by atoms with van der Waals surface area (Å²) >= 11 is 0. The highest BCUT2D eigenvalue weighted by Gasteiger charge is 2.24. The molecule has 1 rings (SSSR count). The van der Waals surface area contributed by atoms with Crippen molar-refractivity contribution in [1.82, 2.24) is 10.6 Å². The van der Waals surface area contributed by atoms with E-state index in [4.69, 9.17) is 5.11 Å². The molecule has 2 atom stereocenters. The van der Waals surface area contributed by atoms with E-state index in [1.165, 1.54) is 6.07 Å². The molecule has 0 bridgehead atoms. The van der Waals surface area contributed by atoms with Gasteiger partial charge in [0.25, 0.3) is 0 Å². The van der Waals surface area contributed by atoms with Gasteiger partial charge in [0.2, 0.25) is 0 Å². The Bertz CT molecular complexity index is 491. The smallest absolute Gasteiger partial charge is 0.326 e. The van der Waals surface area contributed by atoms with Crippen LogP contribution in [0.3, 0.4) is 0 Å². The second kappa shape index (κ2) is 6.88. The molecule has 0 aliphatic carbocycles. The van der Waals surface area contributed by atoms with Crippen molar-refractivity contribution >= 4 is 12.0 Å². The summed E-state index contributed by atoms with van der Waals surface area (Å²) in [6.45, 7) is 5.02. The average Bonchev–Trinajstić information content (AvgIpc) is 2.35. The van der Waals surface area contributed by atoms with Crippen LogP contribution in [0.25, 0.3) is 0 Å². The van der Waals surface area contributed by atoms with Crippen LogP contribution in [0.15, 0.2) is 24.3 Å². The molecule has 0 aliphatic rings. The number of carboxylic acids is 1. The van der Waals surface area contributed by atoms with Crippen LogP contribution in [0.1, 0.15) is 32.4 Å². The number of halogens is 1. The van der Waals surface area contributed by atoms with Crippen molar-refractivity contribution in [3.63, 3.8) is 0 Å². The van der Waals surface area contributed by atoms with E-state index in [1.54, 1.807) is 39.0 Å². The third-order valence-electron chi connectivity index (χ3n) is 2.94. The first kappa shape index (κ1) is 15.9. The highest BCUT2D eigenvalue weighted by atomic mass is 19.1. The molecule has 110 valence electrons. The number of hydrogen-bond donors (Lipinski definition) is 3. The second-order valence-electron chi connectivity index (χ2n) is 4.92. The average molecular weight is 282 g/mol. The molecule has 0 saturated carbocycles. The molecule has 1 aromatic rings. The molecule has 20 heavy (non-hydrogen) atoms. The molecule has 0 radical (unpaired) electrons. The Labute approximate surface area is 117 Å². The van der Waals surface area contributed by atoms with Crippen LogP contribution in [0.5, 0.6) is 0 Å². The lowest BCUT2D eigenvalue weighted by atomic mass is 10.1. The van der Waals surface area contributed by atoms with Crippen LogP contribution in [-0.4, -0.2) is 23.1 Å². The summed E-state index contributed by atoms with van der Waals surface area (Å²) in [5.41, 5.74) is 0.346. The van der Waals surface area contributed by atoms with Gasteiger partial charge in [-0.15, -0.1) is 0 Å². The topological polar surface area (TPSA) is 78.4 Å². The van der Waals surface area contributed by atoms with Gasteiger partial charge < -0.3 is 15.7 Å². The van der Waals surface area contributed by atoms with Crippen molar-refractivity contribution in [2.24, 2.45) is 5.92 Å². The van der Waals surface area contributed by atoms with Gasteiger partial charge in [-0.3, -0.25) is 0 Å². The standard InChI is InChI=1S/C14H19FN2O3/c1-8(2)12(13(18)19)17-14(20)16-9(3)10-6-4-5-7-11(10)15/h4-9,12H,1-3H3,(H,18,19)(H2,16,17,20)/t9?,12-/m0/s1. The first-order valence-electron chi connectivity index (χ1n) is 6.37. The molecule has 1 unspecified atom stereocenters. The summed E-state index contributed by atoms with van der Waals surface area (Å²) in [5.74, 6) is -1.77. The van der Waals surface area contributed by atoms with E-state index in [0.717, 1.165) is 0 Å². The zero-order chi connectivity index (χ0) is 15.3. The molecule has 5 nitrogen and oxygen atoms in total. The number of rotatable bonds is 5. The number of benzene rings is 1. The Morgan fingerprint density at radius 1 is 1.15 bits per heavy atom. The predicted octanol–water partition coefficient (Wildman–Crippen LogP) is 2.30. The molecule has 0 aliphatic heterocycles. The van der Waals surface area contributed by atoms with E-state index >= 15 is 0 Å². The van der Waals surface area contributed by atoms with Gasteiger partial charge in [-0.1, -0.05) is 32.0 Å². The summed E-state index contributed by atoms with van der Waals surface area (Å²) in [7, 11) is 0. The molecular weight excluding hydrogens is 263 g/mol. The maximum Gasteiger partial charge on any atom is 0.326 e. The molecule has 0 aromatic heterocycles. The van der Waals surface area contributed by atoms with Gasteiger partial charge in [0, 0.05) is 5.56 Å². The number of carbonyl (C=O) groups excluding carboxylic acids is 1. The molecule has 0 fully saturated rings. The third-order valence-corrected chi connectivity index (χ3v) is 2.94. The quantitative estimate of drug-likeness (QED) is 0.775. The maximum atomic E-state index is 13.5. The first-order valence-corrected chi connectivity index (χ1v) is 6.37. The van der Waals surface area contributed by atoms with Crippen LogP contribution in [-0.2, 0) is 4.79 Å². The van der Waals surface area contributed by atoms with Gasteiger partial charge in [0.15, 0.2) is 0 Å². The second-order valence-corrected chi connectivity index (χ2v) is 4.92. The highest BCUT2D eigenvalue weighted by Crippen LogP contribution is 2.15. The number of carboxylic acid groups (broad SMARTS) is 1. The normalized spacial score (nSPS) is 13.7. The minimum absolute atomic E-state index is 0.248. The van der Waals surface area contributed by atoms with Gasteiger partial charge >= 0.3 is 12.0 Å². The van der Waals surface area contributed by atoms with Gasteiger partial charge in [-0.2, -0.15) is 0 Å². The summed E-state index contributed by atoms with van der Waals surface area (Å²) in [5, 5.41) is 13.9. The zero-order valence-corrected chi connectivity index (χ0v) is 11.7. The number of nitrogens with one attached hydrogen (secondary N) is 2. The van der Waals surface area contributed by atoms with E-state index in [9.17, 15) is 14.0 Å². The van der Waals surface area contributed by atoms with Crippen LogP contribution in [0, 0.1) is 11.7 Å². The molecule has 0 spiro atoms. The lowest BCUT2D eigenvalue weighted by Gasteiger charge is -2.21. The maximum absolute atomic E-state index is 13.5. The number of urea groups is 1. The number of carbonyl (C=O) groups is 2. The highest BCUT2D eigenvalue weighted by molar-refractivity contribution is 5.82. The van der Waals surface area contributed by atoms with Crippen LogP contribution in [0.2, 0.25) is 0 Å². The van der Waals surface area contributed by atoms with Crippen molar-refractivity contribution in [2.45, 2.75) is 32.9 Å². The fourth-order valence-electron chi connectivity index (χ4n) is 1.80. The Morgan fingerprint density at radius 2 is 1.75 bits per heavy atom. The number of aliphatic carboxylic acids is 1.